The third-order valence-electron chi connectivity index (χ3n) is 3.22. The number of rotatable bonds is 7. The number of nitrogens with zero attached hydrogens (tertiary/aromatic N) is 1. The van der Waals surface area contributed by atoms with E-state index in [1.165, 1.54) is 13.3 Å². The van der Waals surface area contributed by atoms with E-state index >= 15 is 0 Å². The van der Waals surface area contributed by atoms with Gasteiger partial charge in [-0.05, 0) is 17.2 Å². The predicted molar refractivity (Wildman–Crippen MR) is 84.1 cm³/mol. The van der Waals surface area contributed by atoms with E-state index in [1.54, 1.807) is 36.4 Å². The van der Waals surface area contributed by atoms with Crippen LogP contribution < -0.4 is 10.1 Å². The van der Waals surface area contributed by atoms with Crippen LogP contribution in [0.1, 0.15) is 21.5 Å². The Balaban J connectivity index is 1.81. The Morgan fingerprint density at radius 3 is 2.36 bits per heavy atom. The van der Waals surface area contributed by atoms with Crippen molar-refractivity contribution in [1.82, 2.24) is 10.3 Å². The maximum atomic E-state index is 12.0. The minimum atomic E-state index is -4.33. The lowest BCUT2D eigenvalue weighted by molar-refractivity contribution is -0.176. The maximum Gasteiger partial charge on any atom is 0.411 e. The molecule has 0 fully saturated rings. The highest BCUT2D eigenvalue weighted by atomic mass is 19.4. The Kier molecular flexibility index (Phi) is 6.35. The summed E-state index contributed by atoms with van der Waals surface area (Å²) in [4.78, 5) is 16.0. The van der Waals surface area contributed by atoms with Crippen molar-refractivity contribution in [2.75, 3.05) is 13.7 Å². The van der Waals surface area contributed by atoms with Crippen molar-refractivity contribution >= 4 is 5.91 Å². The summed E-state index contributed by atoms with van der Waals surface area (Å²) < 4.78 is 45.5. The number of hydrogen-bond donors (Lipinski definition) is 1. The van der Waals surface area contributed by atoms with Crippen molar-refractivity contribution in [3.8, 4) is 5.88 Å². The topological polar surface area (TPSA) is 60.5 Å². The predicted octanol–water partition coefficient (Wildman–Crippen LogP) is 3.10. The molecule has 0 bridgehead atoms. The van der Waals surface area contributed by atoms with E-state index in [9.17, 15) is 18.0 Å². The van der Waals surface area contributed by atoms with Crippen LogP contribution in [-0.2, 0) is 17.9 Å². The number of carbonyl (C=O) groups excluding carboxylic acids is 1. The van der Waals surface area contributed by atoms with Gasteiger partial charge in [0, 0.05) is 18.8 Å². The number of alkyl halides is 3. The number of pyridine rings is 1. The molecule has 2 rings (SSSR count). The Morgan fingerprint density at radius 2 is 1.80 bits per heavy atom. The van der Waals surface area contributed by atoms with Gasteiger partial charge in [-0.15, -0.1) is 0 Å². The molecule has 2 aromatic rings. The third-order valence-corrected chi connectivity index (χ3v) is 3.22. The smallest absolute Gasteiger partial charge is 0.411 e. The zero-order valence-electron chi connectivity index (χ0n) is 13.5. The molecule has 5 nitrogen and oxygen atoms in total. The van der Waals surface area contributed by atoms with Crippen LogP contribution in [-0.4, -0.2) is 30.8 Å². The maximum absolute atomic E-state index is 12.0. The first-order chi connectivity index (χ1) is 11.9. The lowest BCUT2D eigenvalue weighted by atomic mass is 10.1. The molecule has 1 aromatic carbocycles. The number of halogens is 3. The molecule has 25 heavy (non-hydrogen) atoms. The molecule has 134 valence electrons. The first kappa shape index (κ1) is 18.7. The van der Waals surface area contributed by atoms with E-state index in [0.717, 1.165) is 5.56 Å². The Bertz CT molecular complexity index is 686. The standard InChI is InChI=1S/C17H17F3N2O3/c1-24-15-7-6-14(9-21-15)16(23)22-8-12-2-4-13(5-3-12)10-25-11-17(18,19)20/h2-7,9H,8,10-11H2,1H3,(H,22,23). The van der Waals surface area contributed by atoms with Gasteiger partial charge in [-0.25, -0.2) is 4.98 Å². The number of methoxy groups -OCH3 is 1. The summed E-state index contributed by atoms with van der Waals surface area (Å²) in [6.45, 7) is -1.11. The zero-order valence-corrected chi connectivity index (χ0v) is 13.5. The highest BCUT2D eigenvalue weighted by Gasteiger charge is 2.27. The molecule has 1 aromatic heterocycles. The normalized spacial score (nSPS) is 11.2. The van der Waals surface area contributed by atoms with E-state index in [4.69, 9.17) is 4.74 Å². The average molecular weight is 354 g/mol. The van der Waals surface area contributed by atoms with E-state index in [0.29, 0.717) is 17.0 Å². The van der Waals surface area contributed by atoms with Gasteiger partial charge >= 0.3 is 6.18 Å². The van der Waals surface area contributed by atoms with E-state index < -0.39 is 12.8 Å². The van der Waals surface area contributed by atoms with E-state index in [2.05, 4.69) is 15.0 Å². The monoisotopic (exact) mass is 354 g/mol. The second-order valence-electron chi connectivity index (χ2n) is 5.20. The van der Waals surface area contributed by atoms with Crippen molar-refractivity contribution in [2.24, 2.45) is 0 Å². The molecule has 0 aliphatic heterocycles. The molecule has 1 heterocycles. The van der Waals surface area contributed by atoms with Crippen LogP contribution in [0, 0.1) is 0 Å². The summed E-state index contributed by atoms with van der Waals surface area (Å²) in [6.07, 6.45) is -2.92. The molecule has 0 aliphatic carbocycles. The molecular weight excluding hydrogens is 337 g/mol. The van der Waals surface area contributed by atoms with Gasteiger partial charge < -0.3 is 14.8 Å². The lowest BCUT2D eigenvalue weighted by Gasteiger charge is -2.09. The second kappa shape index (κ2) is 8.48. The zero-order chi connectivity index (χ0) is 18.3. The Labute approximate surface area is 142 Å². The van der Waals surface area contributed by atoms with Gasteiger partial charge in [-0.1, -0.05) is 24.3 Å². The molecule has 1 amide bonds. The molecule has 0 spiro atoms. The van der Waals surface area contributed by atoms with E-state index in [-0.39, 0.29) is 19.1 Å². The number of amides is 1. The number of ether oxygens (including phenoxy) is 2. The van der Waals surface area contributed by atoms with Crippen LogP contribution >= 0.6 is 0 Å². The Morgan fingerprint density at radius 1 is 1.12 bits per heavy atom. The van der Waals surface area contributed by atoms with Crippen LogP contribution in [0.2, 0.25) is 0 Å². The first-order valence-corrected chi connectivity index (χ1v) is 7.38. The minimum Gasteiger partial charge on any atom is -0.481 e. The number of nitrogens with one attached hydrogen (secondary N) is 1. The SMILES string of the molecule is COc1ccc(C(=O)NCc2ccc(COCC(F)(F)F)cc2)cn1. The average Bonchev–Trinajstić information content (AvgIpc) is 2.60. The summed E-state index contributed by atoms with van der Waals surface area (Å²) in [5.74, 6) is 0.132. The van der Waals surface area contributed by atoms with Gasteiger partial charge in [0.1, 0.15) is 6.61 Å². The number of carbonyl (C=O) groups is 1. The van der Waals surface area contributed by atoms with Gasteiger partial charge in [-0.3, -0.25) is 4.79 Å². The van der Waals surface area contributed by atoms with Crippen molar-refractivity contribution in [2.45, 2.75) is 19.3 Å². The molecule has 0 unspecified atom stereocenters. The summed E-state index contributed by atoms with van der Waals surface area (Å²) in [5, 5.41) is 2.74. The molecule has 1 N–H and O–H groups in total. The lowest BCUT2D eigenvalue weighted by Crippen LogP contribution is -2.22. The Hall–Kier alpha value is -2.61. The number of hydrogen-bond acceptors (Lipinski definition) is 4. The van der Waals surface area contributed by atoms with Crippen LogP contribution in [0.25, 0.3) is 0 Å². The van der Waals surface area contributed by atoms with Crippen LogP contribution in [0.5, 0.6) is 5.88 Å². The van der Waals surface area contributed by atoms with Crippen molar-refractivity contribution in [3.05, 3.63) is 59.3 Å². The molecule has 0 atom stereocenters. The van der Waals surface area contributed by atoms with Gasteiger partial charge in [0.25, 0.3) is 5.91 Å². The number of benzene rings is 1. The van der Waals surface area contributed by atoms with Gasteiger partial charge in [0.2, 0.25) is 5.88 Å². The third kappa shape index (κ3) is 6.42. The minimum absolute atomic E-state index is 0.121. The molecule has 0 saturated carbocycles. The summed E-state index contributed by atoms with van der Waals surface area (Å²) in [6, 6.07) is 9.95. The van der Waals surface area contributed by atoms with Crippen molar-refractivity contribution in [1.29, 1.82) is 0 Å². The van der Waals surface area contributed by atoms with Crippen LogP contribution in [0.3, 0.4) is 0 Å². The molecule has 8 heteroatoms. The van der Waals surface area contributed by atoms with Gasteiger partial charge in [-0.2, -0.15) is 13.2 Å². The van der Waals surface area contributed by atoms with E-state index in [1.807, 2.05) is 0 Å². The quantitative estimate of drug-likeness (QED) is 0.830. The van der Waals surface area contributed by atoms with Crippen molar-refractivity contribution < 1.29 is 27.4 Å². The highest BCUT2D eigenvalue weighted by molar-refractivity contribution is 5.93. The first-order valence-electron chi connectivity index (χ1n) is 7.38. The summed E-state index contributed by atoms with van der Waals surface area (Å²) in [5.41, 5.74) is 1.84. The molecule has 0 saturated heterocycles. The van der Waals surface area contributed by atoms with Gasteiger partial charge in [0.15, 0.2) is 0 Å². The number of aromatic nitrogens is 1. The van der Waals surface area contributed by atoms with Crippen LogP contribution in [0.4, 0.5) is 13.2 Å². The summed E-state index contributed by atoms with van der Waals surface area (Å²) >= 11 is 0. The van der Waals surface area contributed by atoms with Crippen molar-refractivity contribution in [3.63, 3.8) is 0 Å². The molecular formula is C17H17F3N2O3. The summed E-state index contributed by atoms with van der Waals surface area (Å²) in [7, 11) is 1.49. The fourth-order valence-corrected chi connectivity index (χ4v) is 1.96. The highest BCUT2D eigenvalue weighted by Crippen LogP contribution is 2.16. The van der Waals surface area contributed by atoms with Crippen LogP contribution in [0.15, 0.2) is 42.6 Å². The molecule has 0 aliphatic rings. The fourth-order valence-electron chi connectivity index (χ4n) is 1.96. The van der Waals surface area contributed by atoms with Gasteiger partial charge in [0.05, 0.1) is 19.3 Å². The largest absolute Gasteiger partial charge is 0.481 e. The fraction of sp³-hybridized carbons (Fsp3) is 0.294. The molecule has 0 radical (unpaired) electrons. The second-order valence-corrected chi connectivity index (χ2v) is 5.20.